The van der Waals surface area contributed by atoms with Crippen LogP contribution in [0.25, 0.3) is 0 Å². The van der Waals surface area contributed by atoms with Gasteiger partial charge in [0.2, 0.25) is 15.4 Å². The van der Waals surface area contributed by atoms with Crippen LogP contribution in [0.3, 0.4) is 0 Å². The molecule has 142 valence electrons. The van der Waals surface area contributed by atoms with E-state index in [2.05, 4.69) is 32.1 Å². The van der Waals surface area contributed by atoms with Crippen molar-refractivity contribution in [2.75, 3.05) is 25.0 Å². The lowest BCUT2D eigenvalue weighted by Crippen LogP contribution is -2.40. The van der Waals surface area contributed by atoms with Crippen LogP contribution < -0.4 is 10.0 Å². The van der Waals surface area contributed by atoms with Crippen molar-refractivity contribution in [2.24, 2.45) is 0 Å². The van der Waals surface area contributed by atoms with E-state index in [0.717, 1.165) is 37.3 Å². The van der Waals surface area contributed by atoms with E-state index < -0.39 is 10.0 Å². The first kappa shape index (κ1) is 20.2. The Bertz CT molecular complexity index is 662. The minimum atomic E-state index is -3.68. The van der Waals surface area contributed by atoms with Crippen LogP contribution in [0.2, 0.25) is 0 Å². The van der Waals surface area contributed by atoms with Gasteiger partial charge in [-0.15, -0.1) is 10.2 Å². The van der Waals surface area contributed by atoms with E-state index >= 15 is 0 Å². The molecule has 0 aromatic carbocycles. The van der Waals surface area contributed by atoms with E-state index in [1.54, 1.807) is 6.92 Å². The van der Waals surface area contributed by atoms with Gasteiger partial charge >= 0.3 is 0 Å². The normalized spacial score (nSPS) is 19.0. The number of amides is 1. The highest BCUT2D eigenvalue weighted by Crippen LogP contribution is 2.21. The SMILES string of the molecule is CCC(=O)Nc1nnc(S(=O)(=O)NCCCN2CCCC[C@@H]2CC)s1. The molecule has 1 saturated heterocycles. The molecule has 1 fully saturated rings. The topological polar surface area (TPSA) is 104 Å². The second kappa shape index (κ2) is 9.56. The lowest BCUT2D eigenvalue weighted by molar-refractivity contribution is -0.115. The van der Waals surface area contributed by atoms with Gasteiger partial charge in [0.1, 0.15) is 0 Å². The third-order valence-electron chi connectivity index (χ3n) is 4.34. The predicted octanol–water partition coefficient (Wildman–Crippen LogP) is 1.82. The fraction of sp³-hybridized carbons (Fsp3) is 0.800. The quantitative estimate of drug-likeness (QED) is 0.493. The highest BCUT2D eigenvalue weighted by Gasteiger charge is 2.22. The van der Waals surface area contributed by atoms with Crippen molar-refractivity contribution < 1.29 is 13.2 Å². The summed E-state index contributed by atoms with van der Waals surface area (Å²) in [5, 5.41) is 10.1. The molecule has 0 saturated carbocycles. The van der Waals surface area contributed by atoms with Crippen LogP contribution in [-0.2, 0) is 14.8 Å². The van der Waals surface area contributed by atoms with E-state index in [0.29, 0.717) is 19.0 Å². The summed E-state index contributed by atoms with van der Waals surface area (Å²) in [5.41, 5.74) is 0. The second-order valence-electron chi connectivity index (χ2n) is 6.12. The van der Waals surface area contributed by atoms with Crippen LogP contribution in [0.4, 0.5) is 5.13 Å². The first-order valence-electron chi connectivity index (χ1n) is 8.83. The monoisotopic (exact) mass is 389 g/mol. The van der Waals surface area contributed by atoms with Crippen LogP contribution in [-0.4, -0.2) is 55.1 Å². The summed E-state index contributed by atoms with van der Waals surface area (Å²) < 4.78 is 26.9. The van der Waals surface area contributed by atoms with Crippen LogP contribution >= 0.6 is 11.3 Å². The van der Waals surface area contributed by atoms with Crippen molar-refractivity contribution in [3.05, 3.63) is 0 Å². The fourth-order valence-electron chi connectivity index (χ4n) is 2.94. The number of hydrogen-bond donors (Lipinski definition) is 2. The molecule has 10 heteroatoms. The average Bonchev–Trinajstić information content (AvgIpc) is 3.08. The zero-order valence-corrected chi connectivity index (χ0v) is 16.5. The summed E-state index contributed by atoms with van der Waals surface area (Å²) in [6.45, 7) is 6.28. The molecule has 1 aliphatic heterocycles. The predicted molar refractivity (Wildman–Crippen MR) is 98.1 cm³/mol. The van der Waals surface area contributed by atoms with E-state index in [9.17, 15) is 13.2 Å². The Labute approximate surface area is 153 Å². The molecule has 1 atom stereocenters. The number of anilines is 1. The number of likely N-dealkylation sites (tertiary alicyclic amines) is 1. The summed E-state index contributed by atoms with van der Waals surface area (Å²) in [7, 11) is -3.68. The first-order valence-corrected chi connectivity index (χ1v) is 11.1. The van der Waals surface area contributed by atoms with E-state index in [-0.39, 0.29) is 15.4 Å². The fourth-order valence-corrected chi connectivity index (χ4v) is 4.97. The van der Waals surface area contributed by atoms with Crippen LogP contribution in [0.1, 0.15) is 52.4 Å². The van der Waals surface area contributed by atoms with Gasteiger partial charge < -0.3 is 10.2 Å². The number of nitrogens with zero attached hydrogens (tertiary/aromatic N) is 3. The first-order chi connectivity index (χ1) is 12.0. The van der Waals surface area contributed by atoms with Gasteiger partial charge in [0.25, 0.3) is 10.0 Å². The second-order valence-corrected chi connectivity index (χ2v) is 9.04. The molecule has 0 spiro atoms. The van der Waals surface area contributed by atoms with Crippen molar-refractivity contribution in [2.45, 2.75) is 62.8 Å². The third-order valence-corrected chi connectivity index (χ3v) is 7.01. The zero-order chi connectivity index (χ0) is 18.3. The van der Waals surface area contributed by atoms with E-state index in [1.807, 2.05) is 0 Å². The molecule has 0 unspecified atom stereocenters. The average molecular weight is 390 g/mol. The van der Waals surface area contributed by atoms with E-state index in [4.69, 9.17) is 0 Å². The number of nitrogens with one attached hydrogen (secondary N) is 2. The van der Waals surface area contributed by atoms with Gasteiger partial charge in [-0.25, -0.2) is 13.1 Å². The number of rotatable bonds is 9. The standard InChI is InChI=1S/C15H27N5O3S2/c1-3-12-8-5-6-10-20(12)11-7-9-16-25(22,23)15-19-18-14(24-15)17-13(21)4-2/h12,16H,3-11H2,1-2H3,(H,17,18,21)/t12-/m0/s1. The van der Waals surface area contributed by atoms with Gasteiger partial charge in [0.15, 0.2) is 0 Å². The number of carbonyl (C=O) groups excluding carboxylic acids is 1. The number of sulfonamides is 1. The van der Waals surface area contributed by atoms with Crippen molar-refractivity contribution in [1.29, 1.82) is 0 Å². The maximum Gasteiger partial charge on any atom is 0.269 e. The van der Waals surface area contributed by atoms with Gasteiger partial charge in [0, 0.05) is 19.0 Å². The van der Waals surface area contributed by atoms with Crippen LogP contribution in [0, 0.1) is 0 Å². The molecule has 1 aromatic rings. The van der Waals surface area contributed by atoms with Gasteiger partial charge in [-0.3, -0.25) is 4.79 Å². The molecule has 0 radical (unpaired) electrons. The molecule has 8 nitrogen and oxygen atoms in total. The van der Waals surface area contributed by atoms with E-state index in [1.165, 1.54) is 19.3 Å². The highest BCUT2D eigenvalue weighted by molar-refractivity contribution is 7.91. The number of carbonyl (C=O) groups is 1. The Balaban J connectivity index is 1.80. The molecule has 2 rings (SSSR count). The molecule has 1 amide bonds. The van der Waals surface area contributed by atoms with Gasteiger partial charge in [-0.2, -0.15) is 0 Å². The van der Waals surface area contributed by atoms with Crippen LogP contribution in [0.5, 0.6) is 0 Å². The minimum absolute atomic E-state index is 0.122. The summed E-state index contributed by atoms with van der Waals surface area (Å²) in [5.74, 6) is -0.222. The smallest absolute Gasteiger partial charge is 0.269 e. The van der Waals surface area contributed by atoms with Crippen molar-refractivity contribution in [3.63, 3.8) is 0 Å². The molecule has 0 aliphatic carbocycles. The molecule has 1 aromatic heterocycles. The lowest BCUT2D eigenvalue weighted by Gasteiger charge is -2.35. The Morgan fingerprint density at radius 2 is 2.12 bits per heavy atom. The molecule has 1 aliphatic rings. The number of aromatic nitrogens is 2. The summed E-state index contributed by atoms with van der Waals surface area (Å²) in [6, 6.07) is 0.623. The van der Waals surface area contributed by atoms with Gasteiger partial charge in [0.05, 0.1) is 0 Å². The number of piperidine rings is 1. The molecular weight excluding hydrogens is 362 g/mol. The summed E-state index contributed by atoms with van der Waals surface area (Å²) in [6.07, 6.45) is 5.94. The Morgan fingerprint density at radius 3 is 2.84 bits per heavy atom. The van der Waals surface area contributed by atoms with Crippen molar-refractivity contribution in [1.82, 2.24) is 19.8 Å². The largest absolute Gasteiger partial charge is 0.301 e. The zero-order valence-electron chi connectivity index (χ0n) is 14.8. The van der Waals surface area contributed by atoms with Crippen LogP contribution in [0.15, 0.2) is 4.34 Å². The summed E-state index contributed by atoms with van der Waals surface area (Å²) >= 11 is 0.859. The maximum atomic E-state index is 12.2. The Morgan fingerprint density at radius 1 is 1.32 bits per heavy atom. The minimum Gasteiger partial charge on any atom is -0.301 e. The van der Waals surface area contributed by atoms with Gasteiger partial charge in [-0.05, 0) is 38.8 Å². The van der Waals surface area contributed by atoms with Crippen molar-refractivity contribution in [3.8, 4) is 0 Å². The Kier molecular flexibility index (Phi) is 7.73. The lowest BCUT2D eigenvalue weighted by atomic mass is 10.00. The highest BCUT2D eigenvalue weighted by atomic mass is 32.2. The summed E-state index contributed by atoms with van der Waals surface area (Å²) in [4.78, 5) is 13.8. The number of hydrogen-bond acceptors (Lipinski definition) is 7. The van der Waals surface area contributed by atoms with Crippen molar-refractivity contribution >= 4 is 32.4 Å². The third kappa shape index (κ3) is 5.98. The maximum absolute atomic E-state index is 12.2. The molecule has 0 bridgehead atoms. The molecule has 25 heavy (non-hydrogen) atoms. The molecule has 2 heterocycles. The molecular formula is C15H27N5O3S2. The molecule has 2 N–H and O–H groups in total. The Hall–Kier alpha value is -1.10. The van der Waals surface area contributed by atoms with Gasteiger partial charge in [-0.1, -0.05) is 31.6 Å².